The van der Waals surface area contributed by atoms with Gasteiger partial charge in [-0.2, -0.15) is 0 Å². The van der Waals surface area contributed by atoms with Crippen molar-refractivity contribution < 1.29 is 9.59 Å². The third-order valence-corrected chi connectivity index (χ3v) is 6.48. The number of hydrogen-bond acceptors (Lipinski definition) is 4. The highest BCUT2D eigenvalue weighted by Crippen LogP contribution is 2.22. The molecule has 2 N–H and O–H groups in total. The summed E-state index contributed by atoms with van der Waals surface area (Å²) < 4.78 is 0. The molecule has 1 fully saturated rings. The average Bonchev–Trinajstić information content (AvgIpc) is 2.83. The molecule has 0 aliphatic carbocycles. The van der Waals surface area contributed by atoms with Crippen LogP contribution in [0.5, 0.6) is 0 Å². The third kappa shape index (κ3) is 7.96. The van der Waals surface area contributed by atoms with Crippen LogP contribution in [-0.2, 0) is 23.3 Å². The second-order valence-electron chi connectivity index (χ2n) is 10.1. The molecule has 1 aliphatic rings. The molecule has 2 aromatic rings. The lowest BCUT2D eigenvalue weighted by Gasteiger charge is -2.34. The van der Waals surface area contributed by atoms with Crippen molar-refractivity contribution in [3.05, 3.63) is 70.8 Å². The zero-order valence-electron chi connectivity index (χ0n) is 21.2. The second kappa shape index (κ2) is 12.1. The van der Waals surface area contributed by atoms with Crippen LogP contribution < -0.4 is 10.6 Å². The van der Waals surface area contributed by atoms with Gasteiger partial charge >= 0.3 is 0 Å². The van der Waals surface area contributed by atoms with Crippen LogP contribution in [-0.4, -0.2) is 60.9 Å². The number of benzene rings is 2. The number of carbonyl (C=O) groups is 2. The molecule has 0 radical (unpaired) electrons. The topological polar surface area (TPSA) is 64.7 Å². The Morgan fingerprint density at radius 2 is 1.41 bits per heavy atom. The van der Waals surface area contributed by atoms with Crippen molar-refractivity contribution in [2.45, 2.75) is 52.6 Å². The molecule has 6 nitrogen and oxygen atoms in total. The van der Waals surface area contributed by atoms with Crippen LogP contribution in [0.4, 0.5) is 0 Å². The molecule has 0 saturated carbocycles. The van der Waals surface area contributed by atoms with Gasteiger partial charge in [0.25, 0.3) is 5.91 Å². The Labute approximate surface area is 204 Å². The minimum absolute atomic E-state index is 0.0532. The average molecular weight is 465 g/mol. The molecule has 1 aliphatic heterocycles. The minimum atomic E-state index is -0.153. The Bertz CT molecular complexity index is 924. The van der Waals surface area contributed by atoms with Gasteiger partial charge < -0.3 is 15.5 Å². The van der Waals surface area contributed by atoms with Gasteiger partial charge in [0.1, 0.15) is 0 Å². The number of amides is 2. The smallest absolute Gasteiger partial charge is 0.251 e. The molecule has 0 aromatic heterocycles. The fourth-order valence-corrected chi connectivity index (χ4v) is 4.09. The van der Waals surface area contributed by atoms with Gasteiger partial charge in [-0.15, -0.1) is 0 Å². The molecular formula is C28H40N4O2. The molecule has 0 unspecified atom stereocenters. The number of rotatable bonds is 9. The van der Waals surface area contributed by atoms with Crippen molar-refractivity contribution in [3.63, 3.8) is 0 Å². The van der Waals surface area contributed by atoms with E-state index in [4.69, 9.17) is 0 Å². The highest BCUT2D eigenvalue weighted by Gasteiger charge is 2.16. The Hall–Kier alpha value is -2.70. The van der Waals surface area contributed by atoms with Crippen LogP contribution in [0.1, 0.15) is 61.2 Å². The normalized spacial score (nSPS) is 15.2. The highest BCUT2D eigenvalue weighted by atomic mass is 16.2. The maximum atomic E-state index is 12.3. The molecule has 0 spiro atoms. The number of nitrogens with one attached hydrogen (secondary N) is 2. The Balaban J connectivity index is 1.34. The van der Waals surface area contributed by atoms with Crippen LogP contribution in [0.2, 0.25) is 0 Å². The van der Waals surface area contributed by atoms with E-state index >= 15 is 0 Å². The summed E-state index contributed by atoms with van der Waals surface area (Å²) in [7, 11) is 0. The molecule has 1 heterocycles. The lowest BCUT2D eigenvalue weighted by atomic mass is 9.87. The standard InChI is InChI=1S/C28H40N4O2/c1-5-31-16-18-32(19-17-31)21-23-8-6-22(7-9-23)20-30-26(33)14-15-29-27(34)24-10-12-25(13-11-24)28(2,3)4/h6-13H,5,14-21H2,1-4H3,(H,29,34)(H,30,33). The van der Waals surface area contributed by atoms with Gasteiger partial charge in [-0.1, -0.05) is 64.1 Å². The molecule has 6 heteroatoms. The third-order valence-electron chi connectivity index (χ3n) is 6.48. The van der Waals surface area contributed by atoms with Gasteiger partial charge in [0, 0.05) is 57.8 Å². The molecule has 3 rings (SSSR count). The van der Waals surface area contributed by atoms with Gasteiger partial charge in [0.2, 0.25) is 5.91 Å². The van der Waals surface area contributed by atoms with E-state index in [0.29, 0.717) is 18.7 Å². The van der Waals surface area contributed by atoms with Crippen LogP contribution >= 0.6 is 0 Å². The zero-order valence-corrected chi connectivity index (χ0v) is 21.2. The summed E-state index contributed by atoms with van der Waals surface area (Å²) in [5, 5.41) is 5.77. The van der Waals surface area contributed by atoms with Gasteiger partial charge in [0.15, 0.2) is 0 Å². The monoisotopic (exact) mass is 464 g/mol. The van der Waals surface area contributed by atoms with Crippen LogP contribution in [0, 0.1) is 0 Å². The van der Waals surface area contributed by atoms with Crippen molar-refractivity contribution in [1.82, 2.24) is 20.4 Å². The summed E-state index contributed by atoms with van der Waals surface area (Å²) in [5.41, 5.74) is 4.23. The first-order chi connectivity index (χ1) is 16.2. The molecule has 184 valence electrons. The predicted molar refractivity (Wildman–Crippen MR) is 138 cm³/mol. The fourth-order valence-electron chi connectivity index (χ4n) is 4.09. The molecule has 0 bridgehead atoms. The van der Waals surface area contributed by atoms with Crippen molar-refractivity contribution in [3.8, 4) is 0 Å². The number of piperazine rings is 1. The Morgan fingerprint density at radius 3 is 2.00 bits per heavy atom. The summed E-state index contributed by atoms with van der Waals surface area (Å²) in [5.74, 6) is -0.221. The van der Waals surface area contributed by atoms with E-state index in [9.17, 15) is 9.59 Å². The first-order valence-electron chi connectivity index (χ1n) is 12.4. The number of nitrogens with zero attached hydrogens (tertiary/aromatic N) is 2. The predicted octanol–water partition coefficient (Wildman–Crippen LogP) is 3.56. The summed E-state index contributed by atoms with van der Waals surface area (Å²) in [6.45, 7) is 16.1. The quantitative estimate of drug-likeness (QED) is 0.596. The summed E-state index contributed by atoms with van der Waals surface area (Å²) >= 11 is 0. The molecular weight excluding hydrogens is 424 g/mol. The van der Waals surface area contributed by atoms with Gasteiger partial charge in [0.05, 0.1) is 0 Å². The maximum absolute atomic E-state index is 12.3. The van der Waals surface area contributed by atoms with Crippen LogP contribution in [0.15, 0.2) is 48.5 Å². The molecule has 2 amide bonds. The molecule has 2 aromatic carbocycles. The van der Waals surface area contributed by atoms with Crippen molar-refractivity contribution in [2.75, 3.05) is 39.3 Å². The first kappa shape index (κ1) is 25.9. The maximum Gasteiger partial charge on any atom is 0.251 e. The van der Waals surface area contributed by atoms with Gasteiger partial charge in [-0.05, 0) is 40.8 Å². The highest BCUT2D eigenvalue weighted by molar-refractivity contribution is 5.94. The van der Waals surface area contributed by atoms with E-state index in [1.807, 2.05) is 24.3 Å². The summed E-state index contributed by atoms with van der Waals surface area (Å²) in [6.07, 6.45) is 0.258. The van der Waals surface area contributed by atoms with Gasteiger partial charge in [-0.25, -0.2) is 0 Å². The first-order valence-corrected chi connectivity index (χ1v) is 12.4. The van der Waals surface area contributed by atoms with E-state index in [0.717, 1.165) is 44.8 Å². The van der Waals surface area contributed by atoms with Crippen LogP contribution in [0.25, 0.3) is 0 Å². The van der Waals surface area contributed by atoms with Gasteiger partial charge in [-0.3, -0.25) is 14.5 Å². The van der Waals surface area contributed by atoms with Crippen molar-refractivity contribution >= 4 is 11.8 Å². The van der Waals surface area contributed by atoms with E-state index < -0.39 is 0 Å². The van der Waals surface area contributed by atoms with E-state index in [-0.39, 0.29) is 23.7 Å². The molecule has 34 heavy (non-hydrogen) atoms. The largest absolute Gasteiger partial charge is 0.352 e. The molecule has 1 saturated heterocycles. The number of hydrogen-bond donors (Lipinski definition) is 2. The number of likely N-dealkylation sites (N-methyl/N-ethyl adjacent to an activating group) is 1. The zero-order chi connectivity index (χ0) is 24.6. The SMILES string of the molecule is CCN1CCN(Cc2ccc(CNC(=O)CCNC(=O)c3ccc(C(C)(C)C)cc3)cc2)CC1. The fraction of sp³-hybridized carbons (Fsp3) is 0.500. The van der Waals surface area contributed by atoms with E-state index in [2.05, 4.69) is 72.4 Å². The van der Waals surface area contributed by atoms with Crippen molar-refractivity contribution in [1.29, 1.82) is 0 Å². The summed E-state index contributed by atoms with van der Waals surface area (Å²) in [4.78, 5) is 29.5. The molecule has 0 atom stereocenters. The van der Waals surface area contributed by atoms with E-state index in [1.165, 1.54) is 11.1 Å². The lowest BCUT2D eigenvalue weighted by Crippen LogP contribution is -2.45. The Morgan fingerprint density at radius 1 is 0.824 bits per heavy atom. The van der Waals surface area contributed by atoms with Crippen molar-refractivity contribution in [2.24, 2.45) is 0 Å². The minimum Gasteiger partial charge on any atom is -0.352 e. The Kier molecular flexibility index (Phi) is 9.25. The summed E-state index contributed by atoms with van der Waals surface area (Å²) in [6, 6.07) is 16.1. The number of carbonyl (C=O) groups excluding carboxylic acids is 2. The van der Waals surface area contributed by atoms with Crippen LogP contribution in [0.3, 0.4) is 0 Å². The second-order valence-corrected chi connectivity index (χ2v) is 10.1. The van der Waals surface area contributed by atoms with E-state index in [1.54, 1.807) is 0 Å². The lowest BCUT2D eigenvalue weighted by molar-refractivity contribution is -0.121.